The van der Waals surface area contributed by atoms with Gasteiger partial charge >= 0.3 is 0 Å². The third kappa shape index (κ3) is 4.48. The Morgan fingerprint density at radius 2 is 1.71 bits per heavy atom. The van der Waals surface area contributed by atoms with Crippen molar-refractivity contribution in [3.63, 3.8) is 0 Å². The maximum absolute atomic E-state index is 12.8. The van der Waals surface area contributed by atoms with Gasteiger partial charge in [-0.25, -0.2) is 0 Å². The Hall–Kier alpha value is -3.45. The lowest BCUT2D eigenvalue weighted by Gasteiger charge is -2.37. The van der Waals surface area contributed by atoms with E-state index in [1.54, 1.807) is 26.0 Å². The topological polar surface area (TPSA) is 91.8 Å². The number of benzene rings is 1. The smallest absolute Gasteiger partial charge is 0.291 e. The minimum atomic E-state index is -0.439. The number of hydrogen-bond donors (Lipinski definition) is 0. The molecule has 0 amide bonds. The van der Waals surface area contributed by atoms with Crippen LogP contribution >= 0.6 is 0 Å². The molecule has 0 saturated carbocycles. The van der Waals surface area contributed by atoms with Crippen LogP contribution in [0.1, 0.15) is 61.7 Å². The van der Waals surface area contributed by atoms with Gasteiger partial charge in [0.2, 0.25) is 0 Å². The maximum atomic E-state index is 12.8. The first kappa shape index (κ1) is 24.7. The molecule has 3 atom stereocenters. The fourth-order valence-corrected chi connectivity index (χ4v) is 5.69. The van der Waals surface area contributed by atoms with E-state index in [1.165, 1.54) is 7.11 Å². The molecule has 2 aromatic rings. The fourth-order valence-electron chi connectivity index (χ4n) is 5.69. The monoisotopic (exact) mass is 477 g/mol. The maximum Gasteiger partial charge on any atom is 0.291 e. The summed E-state index contributed by atoms with van der Waals surface area (Å²) in [5.74, 6) is 0.607. The minimum absolute atomic E-state index is 0.0581. The Kier molecular flexibility index (Phi) is 6.56. The molecule has 1 fully saturated rings. The zero-order chi connectivity index (χ0) is 25.5. The second-order valence-electron chi connectivity index (χ2n) is 9.72. The number of nitro groups is 1. The van der Waals surface area contributed by atoms with Crippen molar-refractivity contribution in [2.45, 2.75) is 53.1 Å². The van der Waals surface area contributed by atoms with Crippen LogP contribution in [0, 0.1) is 29.4 Å². The number of nitrogens with zero attached hydrogens (tertiary/aromatic N) is 1. The first-order valence-corrected chi connectivity index (χ1v) is 11.7. The molecule has 184 valence electrons. The van der Waals surface area contributed by atoms with Gasteiger partial charge in [0.05, 0.1) is 24.2 Å². The van der Waals surface area contributed by atoms with Crippen molar-refractivity contribution in [1.82, 2.24) is 0 Å². The number of ether oxygens (including phenoxy) is 2. The number of hydrogen-bond acceptors (Lipinski definition) is 6. The van der Waals surface area contributed by atoms with Crippen molar-refractivity contribution in [1.29, 1.82) is 0 Å². The normalized spacial score (nSPS) is 28.8. The molecule has 2 heterocycles. The van der Waals surface area contributed by atoms with E-state index in [-0.39, 0.29) is 27.9 Å². The van der Waals surface area contributed by atoms with Crippen LogP contribution in [0.3, 0.4) is 0 Å². The Morgan fingerprint density at radius 3 is 2.34 bits per heavy atom. The number of rotatable bonds is 4. The predicted molar refractivity (Wildman–Crippen MR) is 134 cm³/mol. The van der Waals surface area contributed by atoms with Crippen LogP contribution in [0.15, 0.2) is 68.4 Å². The molecule has 1 spiro atoms. The summed E-state index contributed by atoms with van der Waals surface area (Å²) in [6.45, 7) is 10.1. The molecule has 7 nitrogen and oxygen atoms in total. The molecule has 0 radical (unpaired) electrons. The molecule has 1 aromatic carbocycles. The van der Waals surface area contributed by atoms with E-state index in [9.17, 15) is 14.9 Å². The van der Waals surface area contributed by atoms with Crippen LogP contribution in [-0.4, -0.2) is 18.6 Å². The Bertz CT molecular complexity index is 1310. The van der Waals surface area contributed by atoms with Gasteiger partial charge in [-0.15, -0.1) is 0 Å². The van der Waals surface area contributed by atoms with E-state index >= 15 is 0 Å². The van der Waals surface area contributed by atoms with Gasteiger partial charge in [0.1, 0.15) is 11.9 Å². The van der Waals surface area contributed by atoms with Gasteiger partial charge in [-0.1, -0.05) is 47.1 Å². The van der Waals surface area contributed by atoms with Crippen LogP contribution in [0.2, 0.25) is 0 Å². The van der Waals surface area contributed by atoms with E-state index in [2.05, 4.69) is 39.0 Å². The average Bonchev–Trinajstić information content (AvgIpc) is 3.21. The van der Waals surface area contributed by atoms with Crippen molar-refractivity contribution >= 4 is 5.69 Å². The molecule has 0 bridgehead atoms. The quantitative estimate of drug-likeness (QED) is 0.381. The third-order valence-electron chi connectivity index (χ3n) is 7.05. The molecule has 1 aliphatic heterocycles. The summed E-state index contributed by atoms with van der Waals surface area (Å²) in [5, 5.41) is 11.2. The van der Waals surface area contributed by atoms with E-state index in [4.69, 9.17) is 13.9 Å². The summed E-state index contributed by atoms with van der Waals surface area (Å²) < 4.78 is 17.7. The zero-order valence-electron chi connectivity index (χ0n) is 21.0. The molecular formula is C28H31NO6. The average molecular weight is 478 g/mol. The van der Waals surface area contributed by atoms with E-state index in [1.807, 2.05) is 12.1 Å². The second-order valence-corrected chi connectivity index (χ2v) is 9.72. The number of non-ortho nitro benzene ring substituents is 1. The van der Waals surface area contributed by atoms with E-state index < -0.39 is 11.5 Å². The first-order valence-electron chi connectivity index (χ1n) is 11.7. The number of methoxy groups -OCH3 is 1. The number of nitro benzene ring substituents is 1. The molecule has 1 aliphatic carbocycles. The molecule has 0 N–H and O–H groups in total. The molecule has 7 heteroatoms. The highest BCUT2D eigenvalue weighted by Crippen LogP contribution is 2.55. The largest absolute Gasteiger partial charge is 0.468 e. The van der Waals surface area contributed by atoms with E-state index in [0.29, 0.717) is 29.9 Å². The Labute approximate surface area is 204 Å². The molecule has 4 rings (SSSR count). The summed E-state index contributed by atoms with van der Waals surface area (Å²) in [6.07, 6.45) is 6.71. The molecular weight excluding hydrogens is 446 g/mol. The van der Waals surface area contributed by atoms with Crippen LogP contribution in [0.5, 0.6) is 5.95 Å². The predicted octanol–water partition coefficient (Wildman–Crippen LogP) is 6.26. The van der Waals surface area contributed by atoms with Crippen molar-refractivity contribution in [2.24, 2.45) is 5.41 Å². The summed E-state index contributed by atoms with van der Waals surface area (Å²) in [4.78, 5) is 23.7. The van der Waals surface area contributed by atoms with Crippen LogP contribution in [0.4, 0.5) is 5.69 Å². The molecule has 1 aromatic heterocycles. The van der Waals surface area contributed by atoms with E-state index in [0.717, 1.165) is 22.3 Å². The highest BCUT2D eigenvalue weighted by molar-refractivity contribution is 5.45. The highest BCUT2D eigenvalue weighted by Gasteiger charge is 2.48. The van der Waals surface area contributed by atoms with Crippen LogP contribution in [-0.2, 0) is 4.74 Å². The SMILES string of the molecule is COc1oc([C@H]2C[C@]3(\C=C(C)/C=C(C)\C=C(\C)[C@@H]3c3ccc([N+](=O)[O-])cc3)CO2)c(C)c(=O)c1C. The van der Waals surface area contributed by atoms with Crippen molar-refractivity contribution < 1.29 is 18.8 Å². The molecule has 0 unspecified atom stereocenters. The second kappa shape index (κ2) is 9.30. The summed E-state index contributed by atoms with van der Waals surface area (Å²) >= 11 is 0. The lowest BCUT2D eigenvalue weighted by Crippen LogP contribution is -2.29. The molecule has 1 saturated heterocycles. The third-order valence-corrected chi connectivity index (χ3v) is 7.05. The first-order chi connectivity index (χ1) is 16.6. The van der Waals surface area contributed by atoms with Crippen molar-refractivity contribution in [3.8, 4) is 5.95 Å². The van der Waals surface area contributed by atoms with Gasteiger partial charge in [-0.3, -0.25) is 14.9 Å². The van der Waals surface area contributed by atoms with Gasteiger partial charge < -0.3 is 13.9 Å². The van der Waals surface area contributed by atoms with Gasteiger partial charge in [0.15, 0.2) is 5.43 Å². The van der Waals surface area contributed by atoms with Gasteiger partial charge in [-0.05, 0) is 46.6 Å². The lowest BCUT2D eigenvalue weighted by atomic mass is 9.65. The van der Waals surface area contributed by atoms with Crippen molar-refractivity contribution in [2.75, 3.05) is 13.7 Å². The van der Waals surface area contributed by atoms with Crippen LogP contribution in [0.25, 0.3) is 0 Å². The van der Waals surface area contributed by atoms with Crippen molar-refractivity contribution in [3.05, 3.63) is 102 Å². The standard InChI is InChI=1S/C28H31NO6/c1-16-11-17(2)13-28(24(18(3)12-16)21-7-9-22(10-8-21)29(31)32)14-23(34-15-28)26-19(4)25(30)20(5)27(33-6)35-26/h7-13,23-24H,14-15H2,1-6H3/b16-11-,17-13-,18-12-/t23-,24-,28-/m1/s1. The Morgan fingerprint density at radius 1 is 1.03 bits per heavy atom. The van der Waals surface area contributed by atoms with Gasteiger partial charge in [0, 0.05) is 29.0 Å². The lowest BCUT2D eigenvalue weighted by molar-refractivity contribution is -0.384. The van der Waals surface area contributed by atoms with Gasteiger partial charge in [0.25, 0.3) is 11.6 Å². The summed E-state index contributed by atoms with van der Waals surface area (Å²) in [6, 6.07) is 6.77. The number of allylic oxidation sites excluding steroid dienone is 5. The summed E-state index contributed by atoms with van der Waals surface area (Å²) in [7, 11) is 1.48. The van der Waals surface area contributed by atoms with Crippen LogP contribution < -0.4 is 10.2 Å². The molecule has 35 heavy (non-hydrogen) atoms. The highest BCUT2D eigenvalue weighted by atomic mass is 16.6. The van der Waals surface area contributed by atoms with Gasteiger partial charge in [-0.2, -0.15) is 0 Å². The summed E-state index contributed by atoms with van der Waals surface area (Å²) in [5.41, 5.74) is 4.83. The molecule has 2 aliphatic rings. The fraction of sp³-hybridized carbons (Fsp3) is 0.393. The zero-order valence-corrected chi connectivity index (χ0v) is 21.0. The minimum Gasteiger partial charge on any atom is -0.468 e. The Balaban J connectivity index is 1.84.